The van der Waals surface area contributed by atoms with Gasteiger partial charge in [-0.25, -0.2) is 0 Å². The van der Waals surface area contributed by atoms with Gasteiger partial charge in [0.2, 0.25) is 0 Å². The first-order valence-corrected chi connectivity index (χ1v) is 3.41. The number of nitrogens with zero attached hydrogens (tertiary/aromatic N) is 2. The Morgan fingerprint density at radius 3 is 2.67 bits per heavy atom. The van der Waals surface area contributed by atoms with Gasteiger partial charge in [0.1, 0.15) is 0 Å². The van der Waals surface area contributed by atoms with Crippen LogP contribution in [0.1, 0.15) is 6.92 Å². The number of hydrogen-bond donors (Lipinski definition) is 0. The first-order valence-electron chi connectivity index (χ1n) is 3.41. The highest BCUT2D eigenvalue weighted by Gasteiger charge is 1.81. The summed E-state index contributed by atoms with van der Waals surface area (Å²) in [5.74, 6) is 4.82. The molecule has 0 unspecified atom stereocenters. The van der Waals surface area contributed by atoms with E-state index in [2.05, 4.69) is 23.4 Å². The molecule has 2 nitrogen and oxygen atoms in total. The van der Waals surface area contributed by atoms with Crippen LogP contribution in [0.5, 0.6) is 0 Å². The molecule has 2 heteroatoms. The Labute approximate surface area is 72.9 Å². The summed E-state index contributed by atoms with van der Waals surface area (Å²) in [5, 5.41) is 8.13. The van der Waals surface area contributed by atoms with Crippen molar-refractivity contribution >= 4 is 5.71 Å². The molecule has 0 rings (SSSR count). The van der Waals surface area contributed by atoms with Crippen LogP contribution in [0.2, 0.25) is 0 Å². The molecule has 0 saturated carbocycles. The van der Waals surface area contributed by atoms with Crippen LogP contribution in [0.25, 0.3) is 0 Å². The van der Waals surface area contributed by atoms with E-state index < -0.39 is 0 Å². The lowest BCUT2D eigenvalue weighted by molar-refractivity contribution is 1.43. The van der Waals surface area contributed by atoms with Gasteiger partial charge in [0.15, 0.2) is 6.07 Å². The summed E-state index contributed by atoms with van der Waals surface area (Å²) in [6, 6.07) is 1.71. The van der Waals surface area contributed by atoms with Crippen molar-refractivity contribution in [3.63, 3.8) is 0 Å². The number of hydrogen-bond acceptors (Lipinski definition) is 2. The maximum Gasteiger partial charge on any atom is 0.152 e. The standard InChI is InChI=1S/C10H10N2/c1-9(5-4-8-11)6-7-10(2)12-3/h6-7H,1H2,2-3H3/b7-6-,12-10?. The van der Waals surface area contributed by atoms with Crippen molar-refractivity contribution in [1.82, 2.24) is 0 Å². The molecule has 0 atom stereocenters. The number of rotatable bonds is 2. The van der Waals surface area contributed by atoms with E-state index in [9.17, 15) is 0 Å². The second-order valence-electron chi connectivity index (χ2n) is 2.09. The minimum Gasteiger partial charge on any atom is -0.293 e. The second-order valence-corrected chi connectivity index (χ2v) is 2.09. The Kier molecular flexibility index (Phi) is 5.05. The van der Waals surface area contributed by atoms with Gasteiger partial charge in [0, 0.05) is 24.3 Å². The molecule has 0 aromatic heterocycles. The van der Waals surface area contributed by atoms with Gasteiger partial charge >= 0.3 is 0 Å². The van der Waals surface area contributed by atoms with Gasteiger partial charge in [0.25, 0.3) is 0 Å². The van der Waals surface area contributed by atoms with Crippen molar-refractivity contribution < 1.29 is 0 Å². The fraction of sp³-hybridized carbons (Fsp3) is 0.200. The molecule has 0 aliphatic heterocycles. The molecule has 0 bridgehead atoms. The van der Waals surface area contributed by atoms with Crippen molar-refractivity contribution in [1.29, 1.82) is 5.26 Å². The highest BCUT2D eigenvalue weighted by Crippen LogP contribution is 1.90. The highest BCUT2D eigenvalue weighted by molar-refractivity contribution is 5.93. The number of allylic oxidation sites excluding steroid dienone is 3. The van der Waals surface area contributed by atoms with Crippen LogP contribution in [-0.4, -0.2) is 12.8 Å². The molecule has 0 heterocycles. The Balaban J connectivity index is 4.21. The predicted octanol–water partition coefficient (Wildman–Crippen LogP) is 1.72. The van der Waals surface area contributed by atoms with E-state index in [1.165, 1.54) is 0 Å². The Bertz CT molecular complexity index is 316. The Morgan fingerprint density at radius 1 is 1.50 bits per heavy atom. The van der Waals surface area contributed by atoms with E-state index in [-0.39, 0.29) is 0 Å². The molecule has 60 valence electrons. The molecule has 0 radical (unpaired) electrons. The average Bonchev–Trinajstić information content (AvgIpc) is 2.10. The summed E-state index contributed by atoms with van der Waals surface area (Å²) >= 11 is 0. The summed E-state index contributed by atoms with van der Waals surface area (Å²) in [5.41, 5.74) is 1.51. The van der Waals surface area contributed by atoms with Gasteiger partial charge < -0.3 is 0 Å². The first-order chi connectivity index (χ1) is 5.70. The van der Waals surface area contributed by atoms with E-state index in [1.54, 1.807) is 25.3 Å². The third kappa shape index (κ3) is 5.02. The second kappa shape index (κ2) is 5.95. The highest BCUT2D eigenvalue weighted by atomic mass is 14.7. The minimum atomic E-state index is 0.611. The van der Waals surface area contributed by atoms with Crippen molar-refractivity contribution in [3.05, 3.63) is 24.3 Å². The van der Waals surface area contributed by atoms with Crippen LogP contribution in [0, 0.1) is 23.2 Å². The van der Waals surface area contributed by atoms with Crippen LogP contribution in [0.4, 0.5) is 0 Å². The molecule has 0 amide bonds. The van der Waals surface area contributed by atoms with Crippen molar-refractivity contribution in [2.75, 3.05) is 7.05 Å². The molecule has 12 heavy (non-hydrogen) atoms. The van der Waals surface area contributed by atoms with Gasteiger partial charge in [-0.05, 0) is 19.1 Å². The van der Waals surface area contributed by atoms with Crippen molar-refractivity contribution in [2.45, 2.75) is 6.92 Å². The van der Waals surface area contributed by atoms with Crippen LogP contribution >= 0.6 is 0 Å². The fourth-order valence-corrected chi connectivity index (χ4v) is 0.446. The lowest BCUT2D eigenvalue weighted by Gasteiger charge is -1.86. The topological polar surface area (TPSA) is 36.1 Å². The maximum atomic E-state index is 8.13. The van der Waals surface area contributed by atoms with Gasteiger partial charge in [0.05, 0.1) is 0 Å². The van der Waals surface area contributed by atoms with E-state index >= 15 is 0 Å². The zero-order chi connectivity index (χ0) is 9.40. The van der Waals surface area contributed by atoms with E-state index in [0.717, 1.165) is 5.71 Å². The van der Waals surface area contributed by atoms with E-state index in [0.29, 0.717) is 5.57 Å². The summed E-state index contributed by atoms with van der Waals surface area (Å²) in [6.07, 6.45) is 3.53. The van der Waals surface area contributed by atoms with Crippen LogP contribution in [-0.2, 0) is 0 Å². The van der Waals surface area contributed by atoms with Gasteiger partial charge in [-0.2, -0.15) is 5.26 Å². The third-order valence-electron chi connectivity index (χ3n) is 1.16. The molecule has 0 spiro atoms. The summed E-state index contributed by atoms with van der Waals surface area (Å²) in [7, 11) is 1.71. The zero-order valence-corrected chi connectivity index (χ0v) is 7.26. The van der Waals surface area contributed by atoms with Crippen LogP contribution < -0.4 is 0 Å². The Morgan fingerprint density at radius 2 is 2.17 bits per heavy atom. The maximum absolute atomic E-state index is 8.13. The molecule has 0 aromatic carbocycles. The van der Waals surface area contributed by atoms with Crippen LogP contribution in [0.3, 0.4) is 0 Å². The molecule has 0 aliphatic carbocycles. The van der Waals surface area contributed by atoms with Gasteiger partial charge in [-0.15, -0.1) is 0 Å². The smallest absolute Gasteiger partial charge is 0.152 e. The summed E-state index contributed by atoms with van der Waals surface area (Å²) in [4.78, 5) is 3.92. The molecule has 0 saturated heterocycles. The predicted molar refractivity (Wildman–Crippen MR) is 50.7 cm³/mol. The molecule has 0 aromatic rings. The SMILES string of the molecule is C=C(C#CC#N)/C=C\C(C)=NC. The third-order valence-corrected chi connectivity index (χ3v) is 1.16. The number of aliphatic imine (C=N–C) groups is 1. The van der Waals surface area contributed by atoms with Crippen LogP contribution in [0.15, 0.2) is 29.3 Å². The normalized spacial score (nSPS) is 10.2. The lowest BCUT2D eigenvalue weighted by Crippen LogP contribution is -1.82. The molecule has 0 aliphatic rings. The zero-order valence-electron chi connectivity index (χ0n) is 7.26. The monoisotopic (exact) mass is 158 g/mol. The summed E-state index contributed by atoms with van der Waals surface area (Å²) < 4.78 is 0. The summed E-state index contributed by atoms with van der Waals surface area (Å²) in [6.45, 7) is 5.51. The lowest BCUT2D eigenvalue weighted by atomic mass is 10.2. The van der Waals surface area contributed by atoms with Crippen molar-refractivity contribution in [2.24, 2.45) is 4.99 Å². The fourth-order valence-electron chi connectivity index (χ4n) is 0.446. The van der Waals surface area contributed by atoms with Gasteiger partial charge in [-0.3, -0.25) is 4.99 Å². The quantitative estimate of drug-likeness (QED) is 0.342. The minimum absolute atomic E-state index is 0.611. The molecule has 0 fully saturated rings. The van der Waals surface area contributed by atoms with Crippen molar-refractivity contribution in [3.8, 4) is 17.9 Å². The van der Waals surface area contributed by atoms with Gasteiger partial charge in [-0.1, -0.05) is 12.5 Å². The Hall–Kier alpha value is -1.80. The largest absolute Gasteiger partial charge is 0.293 e. The van der Waals surface area contributed by atoms with E-state index in [1.807, 2.05) is 6.92 Å². The average molecular weight is 158 g/mol. The first kappa shape index (κ1) is 10.2. The molecular formula is C10H10N2. The number of nitriles is 1. The molecular weight excluding hydrogens is 148 g/mol. The molecule has 0 N–H and O–H groups in total. The van der Waals surface area contributed by atoms with E-state index in [4.69, 9.17) is 5.26 Å².